The van der Waals surface area contributed by atoms with E-state index in [1.165, 1.54) is 11.8 Å². The molecule has 94 valence electrons. The van der Waals surface area contributed by atoms with Crippen molar-refractivity contribution in [2.24, 2.45) is 0 Å². The number of aliphatic hydroxyl groups is 1. The van der Waals surface area contributed by atoms with Crippen LogP contribution in [0, 0.1) is 11.3 Å². The maximum atomic E-state index is 10.1. The Bertz CT molecular complexity index is 631. The van der Waals surface area contributed by atoms with E-state index in [-0.39, 0.29) is 6.04 Å². The highest BCUT2D eigenvalue weighted by molar-refractivity contribution is 5.46. The summed E-state index contributed by atoms with van der Waals surface area (Å²) in [5, 5.41) is 22.1. The van der Waals surface area contributed by atoms with Crippen LogP contribution in [-0.2, 0) is 6.42 Å². The molecule has 0 amide bonds. The molecule has 1 heterocycles. The molecule has 4 heteroatoms. The fourth-order valence-electron chi connectivity index (χ4n) is 2.45. The van der Waals surface area contributed by atoms with Crippen molar-refractivity contribution >= 4 is 5.82 Å². The van der Waals surface area contributed by atoms with Gasteiger partial charge in [0.1, 0.15) is 11.9 Å². The lowest BCUT2D eigenvalue weighted by molar-refractivity contribution is 0.165. The van der Waals surface area contributed by atoms with E-state index in [0.717, 1.165) is 5.56 Å². The van der Waals surface area contributed by atoms with E-state index in [1.54, 1.807) is 12.1 Å². The predicted molar refractivity (Wildman–Crippen MR) is 71.5 cm³/mol. The van der Waals surface area contributed by atoms with Crippen molar-refractivity contribution in [3.8, 4) is 6.07 Å². The Morgan fingerprint density at radius 2 is 2.11 bits per heavy atom. The van der Waals surface area contributed by atoms with Crippen LogP contribution >= 0.6 is 0 Å². The number of pyridine rings is 1. The van der Waals surface area contributed by atoms with Crippen LogP contribution in [0.2, 0.25) is 0 Å². The van der Waals surface area contributed by atoms with Gasteiger partial charge in [-0.1, -0.05) is 24.3 Å². The second kappa shape index (κ2) is 4.71. The van der Waals surface area contributed by atoms with E-state index in [4.69, 9.17) is 5.26 Å². The Labute approximate surface area is 111 Å². The number of aromatic nitrogens is 1. The smallest absolute Gasteiger partial charge is 0.126 e. The van der Waals surface area contributed by atoms with Gasteiger partial charge in [-0.15, -0.1) is 0 Å². The third-order valence-electron chi connectivity index (χ3n) is 3.40. The van der Waals surface area contributed by atoms with Crippen molar-refractivity contribution in [1.82, 2.24) is 4.98 Å². The summed E-state index contributed by atoms with van der Waals surface area (Å²) in [6, 6.07) is 13.4. The van der Waals surface area contributed by atoms with Gasteiger partial charge in [0.15, 0.2) is 0 Å². The molecule has 1 aliphatic rings. The van der Waals surface area contributed by atoms with E-state index in [0.29, 0.717) is 17.8 Å². The van der Waals surface area contributed by atoms with Crippen molar-refractivity contribution in [3.63, 3.8) is 0 Å². The number of rotatable bonds is 2. The molecule has 4 nitrogen and oxygen atoms in total. The molecule has 1 aromatic carbocycles. The molecule has 1 aromatic heterocycles. The molecule has 19 heavy (non-hydrogen) atoms. The van der Waals surface area contributed by atoms with E-state index in [9.17, 15) is 5.11 Å². The molecule has 1 aliphatic carbocycles. The third-order valence-corrected chi connectivity index (χ3v) is 3.40. The van der Waals surface area contributed by atoms with Gasteiger partial charge in [-0.3, -0.25) is 0 Å². The maximum Gasteiger partial charge on any atom is 0.126 e. The summed E-state index contributed by atoms with van der Waals surface area (Å²) >= 11 is 0. The molecule has 0 saturated heterocycles. The van der Waals surface area contributed by atoms with E-state index in [1.807, 2.05) is 30.3 Å². The average Bonchev–Trinajstić information content (AvgIpc) is 2.76. The normalized spacial score (nSPS) is 20.6. The van der Waals surface area contributed by atoms with E-state index >= 15 is 0 Å². The van der Waals surface area contributed by atoms with Crippen molar-refractivity contribution < 1.29 is 5.11 Å². The summed E-state index contributed by atoms with van der Waals surface area (Å²) < 4.78 is 0. The zero-order chi connectivity index (χ0) is 13.2. The molecular weight excluding hydrogens is 238 g/mol. The van der Waals surface area contributed by atoms with Crippen LogP contribution in [0.15, 0.2) is 42.6 Å². The molecule has 0 radical (unpaired) electrons. The number of anilines is 1. The number of nitrogens with one attached hydrogen (secondary N) is 1. The van der Waals surface area contributed by atoms with Crippen molar-refractivity contribution in [2.45, 2.75) is 18.6 Å². The first kappa shape index (κ1) is 11.7. The molecule has 0 unspecified atom stereocenters. The summed E-state index contributed by atoms with van der Waals surface area (Å²) in [5.74, 6) is 0.666. The van der Waals surface area contributed by atoms with Crippen LogP contribution in [0.5, 0.6) is 0 Å². The molecule has 0 saturated carbocycles. The van der Waals surface area contributed by atoms with E-state index in [2.05, 4.69) is 10.3 Å². The number of benzene rings is 1. The minimum Gasteiger partial charge on any atom is -0.390 e. The van der Waals surface area contributed by atoms with Crippen molar-refractivity contribution in [1.29, 1.82) is 5.26 Å². The van der Waals surface area contributed by atoms with Crippen LogP contribution < -0.4 is 5.32 Å². The molecule has 0 spiro atoms. The van der Waals surface area contributed by atoms with Crippen LogP contribution in [-0.4, -0.2) is 16.2 Å². The fraction of sp³-hybridized carbons (Fsp3) is 0.200. The molecule has 3 rings (SSSR count). The monoisotopic (exact) mass is 251 g/mol. The zero-order valence-electron chi connectivity index (χ0n) is 10.2. The van der Waals surface area contributed by atoms with Gasteiger partial charge in [0.2, 0.25) is 0 Å². The SMILES string of the molecule is N#Cc1ccc(N[C@H]2c3ccccc3C[C@H]2O)nc1. The van der Waals surface area contributed by atoms with Crippen LogP contribution in [0.4, 0.5) is 5.82 Å². The third kappa shape index (κ3) is 2.16. The number of hydrogen-bond donors (Lipinski definition) is 2. The topological polar surface area (TPSA) is 68.9 Å². The van der Waals surface area contributed by atoms with Crippen molar-refractivity contribution in [2.75, 3.05) is 5.32 Å². The number of hydrogen-bond acceptors (Lipinski definition) is 4. The first-order chi connectivity index (χ1) is 9.28. The highest BCUT2D eigenvalue weighted by Gasteiger charge is 2.30. The molecule has 0 fully saturated rings. The lowest BCUT2D eigenvalue weighted by Crippen LogP contribution is -2.21. The highest BCUT2D eigenvalue weighted by Crippen LogP contribution is 2.33. The number of nitriles is 1. The first-order valence-corrected chi connectivity index (χ1v) is 6.16. The minimum atomic E-state index is -0.449. The molecule has 2 atom stereocenters. The predicted octanol–water partition coefficient (Wildman–Crippen LogP) is 2.02. The van der Waals surface area contributed by atoms with Gasteiger partial charge < -0.3 is 10.4 Å². The lowest BCUT2D eigenvalue weighted by Gasteiger charge is -2.18. The summed E-state index contributed by atoms with van der Waals surface area (Å²) in [5.41, 5.74) is 2.81. The molecule has 2 N–H and O–H groups in total. The van der Waals surface area contributed by atoms with Gasteiger partial charge in [0.25, 0.3) is 0 Å². The molecule has 0 aliphatic heterocycles. The molecule has 0 bridgehead atoms. The van der Waals surface area contributed by atoms with Gasteiger partial charge >= 0.3 is 0 Å². The lowest BCUT2D eigenvalue weighted by atomic mass is 10.1. The van der Waals surface area contributed by atoms with Gasteiger partial charge in [-0.25, -0.2) is 4.98 Å². The Balaban J connectivity index is 1.85. The average molecular weight is 251 g/mol. The standard InChI is InChI=1S/C15H13N3O/c16-8-10-5-6-14(17-9-10)18-15-12-4-2-1-3-11(12)7-13(15)19/h1-6,9,13,15,19H,7H2,(H,17,18)/t13-,15+/m1/s1. The summed E-state index contributed by atoms with van der Waals surface area (Å²) in [7, 11) is 0. The Kier molecular flexibility index (Phi) is 2.90. The second-order valence-electron chi connectivity index (χ2n) is 4.64. The largest absolute Gasteiger partial charge is 0.390 e. The Hall–Kier alpha value is -2.38. The van der Waals surface area contributed by atoms with Gasteiger partial charge in [-0.05, 0) is 23.3 Å². The fourth-order valence-corrected chi connectivity index (χ4v) is 2.45. The number of nitrogens with zero attached hydrogens (tertiary/aromatic N) is 2. The molecular formula is C15H13N3O. The Morgan fingerprint density at radius 1 is 1.26 bits per heavy atom. The number of aliphatic hydroxyl groups excluding tert-OH is 1. The minimum absolute atomic E-state index is 0.142. The Morgan fingerprint density at radius 3 is 2.84 bits per heavy atom. The molecule has 2 aromatic rings. The summed E-state index contributed by atoms with van der Waals surface area (Å²) in [6.45, 7) is 0. The van der Waals surface area contributed by atoms with Gasteiger partial charge in [-0.2, -0.15) is 5.26 Å². The van der Waals surface area contributed by atoms with E-state index < -0.39 is 6.10 Å². The van der Waals surface area contributed by atoms with Gasteiger partial charge in [0.05, 0.1) is 17.7 Å². The first-order valence-electron chi connectivity index (χ1n) is 6.16. The highest BCUT2D eigenvalue weighted by atomic mass is 16.3. The van der Waals surface area contributed by atoms with Crippen molar-refractivity contribution in [3.05, 3.63) is 59.3 Å². The van der Waals surface area contributed by atoms with Gasteiger partial charge in [0, 0.05) is 12.6 Å². The van der Waals surface area contributed by atoms with Crippen LogP contribution in [0.25, 0.3) is 0 Å². The summed E-state index contributed by atoms with van der Waals surface area (Å²) in [4.78, 5) is 4.18. The zero-order valence-corrected chi connectivity index (χ0v) is 10.2. The maximum absolute atomic E-state index is 10.1. The van der Waals surface area contributed by atoms with Crippen LogP contribution in [0.3, 0.4) is 0 Å². The van der Waals surface area contributed by atoms with Crippen LogP contribution in [0.1, 0.15) is 22.7 Å². The summed E-state index contributed by atoms with van der Waals surface area (Å²) in [6.07, 6.45) is 1.73. The number of fused-ring (bicyclic) bond motifs is 1. The quantitative estimate of drug-likeness (QED) is 0.856. The second-order valence-corrected chi connectivity index (χ2v) is 4.64.